The lowest BCUT2D eigenvalue weighted by molar-refractivity contribution is 0.331. The lowest BCUT2D eigenvalue weighted by Crippen LogP contribution is -2.41. The van der Waals surface area contributed by atoms with Gasteiger partial charge in [0.05, 0.1) is 18.1 Å². The van der Waals surface area contributed by atoms with E-state index in [0.29, 0.717) is 18.8 Å². The van der Waals surface area contributed by atoms with Crippen LogP contribution >= 0.6 is 0 Å². The highest BCUT2D eigenvalue weighted by molar-refractivity contribution is 7.88. The predicted octanol–water partition coefficient (Wildman–Crippen LogP) is 0.808. The Morgan fingerprint density at radius 1 is 1.42 bits per heavy atom. The van der Waals surface area contributed by atoms with Gasteiger partial charge in [-0.1, -0.05) is 0 Å². The minimum absolute atomic E-state index is 0.258. The van der Waals surface area contributed by atoms with E-state index in [4.69, 9.17) is 5.73 Å². The summed E-state index contributed by atoms with van der Waals surface area (Å²) >= 11 is 0. The molecule has 0 spiro atoms. The van der Waals surface area contributed by atoms with Crippen LogP contribution in [0.2, 0.25) is 0 Å². The number of nitrogens with two attached hydrogens (primary N) is 1. The topological polar surface area (TPSA) is 88.3 Å². The Bertz CT molecular complexity index is 551. The number of rotatable bonds is 3. The van der Waals surface area contributed by atoms with E-state index in [0.717, 1.165) is 24.2 Å². The van der Waals surface area contributed by atoms with Crippen LogP contribution in [0.25, 0.3) is 0 Å². The third kappa shape index (κ3) is 3.57. The molecule has 1 aliphatic rings. The van der Waals surface area contributed by atoms with Crippen LogP contribution in [0.15, 0.2) is 12.3 Å². The SMILES string of the molecule is Cc1cc(NC2CCN(S(C)(=O)=O)CC2)ncc1N. The van der Waals surface area contributed by atoms with Crippen LogP contribution in [0.4, 0.5) is 11.5 Å². The summed E-state index contributed by atoms with van der Waals surface area (Å²) < 4.78 is 24.3. The molecule has 3 N–H and O–H groups in total. The normalized spacial score (nSPS) is 18.4. The summed E-state index contributed by atoms with van der Waals surface area (Å²) in [7, 11) is -3.06. The van der Waals surface area contributed by atoms with Crippen molar-refractivity contribution in [1.29, 1.82) is 0 Å². The Hall–Kier alpha value is -1.34. The van der Waals surface area contributed by atoms with Crippen molar-refractivity contribution in [3.05, 3.63) is 17.8 Å². The summed E-state index contributed by atoms with van der Waals surface area (Å²) in [6.07, 6.45) is 4.48. The van der Waals surface area contributed by atoms with Crippen molar-refractivity contribution in [3.63, 3.8) is 0 Å². The third-order valence-corrected chi connectivity index (χ3v) is 4.73. The van der Waals surface area contributed by atoms with Crippen LogP contribution in [-0.2, 0) is 10.0 Å². The fourth-order valence-electron chi connectivity index (χ4n) is 2.19. The van der Waals surface area contributed by atoms with E-state index in [1.54, 1.807) is 6.20 Å². The van der Waals surface area contributed by atoms with Crippen molar-refractivity contribution in [2.45, 2.75) is 25.8 Å². The number of pyridine rings is 1. The molecule has 1 aliphatic heterocycles. The zero-order valence-electron chi connectivity index (χ0n) is 11.3. The maximum Gasteiger partial charge on any atom is 0.211 e. The molecule has 0 unspecified atom stereocenters. The van der Waals surface area contributed by atoms with Gasteiger partial charge in [0.2, 0.25) is 10.0 Å². The molecule has 7 heteroatoms. The van der Waals surface area contributed by atoms with Gasteiger partial charge in [-0.05, 0) is 31.4 Å². The third-order valence-electron chi connectivity index (χ3n) is 3.43. The predicted molar refractivity (Wildman–Crippen MR) is 76.4 cm³/mol. The van der Waals surface area contributed by atoms with Crippen molar-refractivity contribution < 1.29 is 8.42 Å². The first-order chi connectivity index (χ1) is 8.86. The highest BCUT2D eigenvalue weighted by atomic mass is 32.2. The van der Waals surface area contributed by atoms with E-state index in [1.807, 2.05) is 13.0 Å². The Kier molecular flexibility index (Phi) is 3.96. The molecule has 19 heavy (non-hydrogen) atoms. The molecule has 0 aromatic carbocycles. The first-order valence-electron chi connectivity index (χ1n) is 6.30. The van der Waals surface area contributed by atoms with Crippen molar-refractivity contribution in [2.75, 3.05) is 30.4 Å². The number of nitrogens with zero attached hydrogens (tertiary/aromatic N) is 2. The standard InChI is InChI=1S/C12H20N4O2S/c1-9-7-12(14-8-11(9)13)15-10-3-5-16(6-4-10)19(2,17)18/h7-8,10H,3-6,13H2,1-2H3,(H,14,15). The fraction of sp³-hybridized carbons (Fsp3) is 0.583. The van der Waals surface area contributed by atoms with Gasteiger partial charge < -0.3 is 11.1 Å². The van der Waals surface area contributed by atoms with Gasteiger partial charge in [-0.15, -0.1) is 0 Å². The summed E-state index contributed by atoms with van der Waals surface area (Å²) in [6, 6.07) is 2.17. The van der Waals surface area contributed by atoms with Gasteiger partial charge in [0.15, 0.2) is 0 Å². The first-order valence-corrected chi connectivity index (χ1v) is 8.15. The van der Waals surface area contributed by atoms with Crippen LogP contribution < -0.4 is 11.1 Å². The van der Waals surface area contributed by atoms with Gasteiger partial charge in [-0.25, -0.2) is 17.7 Å². The van der Waals surface area contributed by atoms with E-state index in [9.17, 15) is 8.42 Å². The second kappa shape index (κ2) is 5.34. The molecule has 0 saturated carbocycles. The summed E-state index contributed by atoms with van der Waals surface area (Å²) in [5, 5.41) is 3.33. The monoisotopic (exact) mass is 284 g/mol. The Labute approximate surface area is 114 Å². The van der Waals surface area contributed by atoms with E-state index in [2.05, 4.69) is 10.3 Å². The number of aryl methyl sites for hydroxylation is 1. The molecule has 0 atom stereocenters. The fourth-order valence-corrected chi connectivity index (χ4v) is 3.06. The number of nitrogen functional groups attached to an aromatic ring is 1. The van der Waals surface area contributed by atoms with Crippen LogP contribution in [0.1, 0.15) is 18.4 Å². The van der Waals surface area contributed by atoms with Crippen LogP contribution in [-0.4, -0.2) is 43.1 Å². The zero-order chi connectivity index (χ0) is 14.0. The minimum Gasteiger partial charge on any atom is -0.397 e. The molecule has 1 aromatic rings. The number of anilines is 2. The maximum absolute atomic E-state index is 11.4. The number of nitrogens with one attached hydrogen (secondary N) is 1. The Morgan fingerprint density at radius 3 is 2.58 bits per heavy atom. The molecule has 0 bridgehead atoms. The molecule has 2 rings (SSSR count). The van der Waals surface area contributed by atoms with Crippen molar-refractivity contribution in [3.8, 4) is 0 Å². The number of sulfonamides is 1. The van der Waals surface area contributed by atoms with E-state index in [-0.39, 0.29) is 6.04 Å². The van der Waals surface area contributed by atoms with Gasteiger partial charge >= 0.3 is 0 Å². The van der Waals surface area contributed by atoms with Gasteiger partial charge in [0.1, 0.15) is 5.82 Å². The molecule has 1 aromatic heterocycles. The lowest BCUT2D eigenvalue weighted by Gasteiger charge is -2.31. The number of piperidine rings is 1. The molecule has 0 aliphatic carbocycles. The van der Waals surface area contributed by atoms with Crippen molar-refractivity contribution >= 4 is 21.5 Å². The molecule has 106 valence electrons. The van der Waals surface area contributed by atoms with Gasteiger partial charge in [-0.3, -0.25) is 0 Å². The van der Waals surface area contributed by atoms with Crippen molar-refractivity contribution in [1.82, 2.24) is 9.29 Å². The summed E-state index contributed by atoms with van der Waals surface area (Å²) in [4.78, 5) is 4.23. The summed E-state index contributed by atoms with van der Waals surface area (Å²) in [5.74, 6) is 0.796. The second-order valence-electron chi connectivity index (χ2n) is 5.01. The molecule has 0 radical (unpaired) electrons. The Balaban J connectivity index is 1.94. The maximum atomic E-state index is 11.4. The number of hydrogen-bond donors (Lipinski definition) is 2. The van der Waals surface area contributed by atoms with Gasteiger partial charge in [-0.2, -0.15) is 0 Å². The van der Waals surface area contributed by atoms with Crippen molar-refractivity contribution in [2.24, 2.45) is 0 Å². The Morgan fingerprint density at radius 2 is 2.05 bits per heavy atom. The van der Waals surface area contributed by atoms with E-state index in [1.165, 1.54) is 10.6 Å². The summed E-state index contributed by atoms with van der Waals surface area (Å²) in [6.45, 7) is 3.06. The average molecular weight is 284 g/mol. The molecular formula is C12H20N4O2S. The van der Waals surface area contributed by atoms with Crippen LogP contribution in [0.5, 0.6) is 0 Å². The number of aromatic nitrogens is 1. The number of hydrogen-bond acceptors (Lipinski definition) is 5. The lowest BCUT2D eigenvalue weighted by atomic mass is 10.1. The molecule has 1 fully saturated rings. The van der Waals surface area contributed by atoms with E-state index < -0.39 is 10.0 Å². The second-order valence-corrected chi connectivity index (χ2v) is 6.99. The molecule has 1 saturated heterocycles. The van der Waals surface area contributed by atoms with Gasteiger partial charge in [0.25, 0.3) is 0 Å². The largest absolute Gasteiger partial charge is 0.397 e. The zero-order valence-corrected chi connectivity index (χ0v) is 12.1. The first kappa shape index (κ1) is 14.1. The molecular weight excluding hydrogens is 264 g/mol. The highest BCUT2D eigenvalue weighted by Gasteiger charge is 2.24. The molecule has 6 nitrogen and oxygen atoms in total. The van der Waals surface area contributed by atoms with Gasteiger partial charge in [0, 0.05) is 19.1 Å². The summed E-state index contributed by atoms with van der Waals surface area (Å²) in [5.41, 5.74) is 7.39. The highest BCUT2D eigenvalue weighted by Crippen LogP contribution is 2.19. The van der Waals surface area contributed by atoms with Crippen LogP contribution in [0.3, 0.4) is 0 Å². The van der Waals surface area contributed by atoms with E-state index >= 15 is 0 Å². The van der Waals surface area contributed by atoms with Crippen LogP contribution in [0, 0.1) is 6.92 Å². The molecule has 2 heterocycles. The quantitative estimate of drug-likeness (QED) is 0.857. The molecule has 0 amide bonds. The smallest absolute Gasteiger partial charge is 0.211 e. The average Bonchev–Trinajstić information content (AvgIpc) is 2.33. The minimum atomic E-state index is -3.06.